The maximum absolute atomic E-state index is 11.6. The molecule has 0 saturated carbocycles. The number of carbonyl (C=O) groups is 1. The molecule has 0 aliphatic carbocycles. The maximum Gasteiger partial charge on any atom is 0.252 e. The molecule has 2 heterocycles. The van der Waals surface area contributed by atoms with Gasteiger partial charge in [0.05, 0.1) is 5.56 Å². The van der Waals surface area contributed by atoms with Crippen LogP contribution in [0.2, 0.25) is 5.15 Å². The van der Waals surface area contributed by atoms with Gasteiger partial charge < -0.3 is 10.6 Å². The molecule has 0 spiro atoms. The van der Waals surface area contributed by atoms with Crippen LogP contribution in [0.5, 0.6) is 0 Å². The molecule has 1 aliphatic rings. The Morgan fingerprint density at radius 1 is 1.38 bits per heavy atom. The highest BCUT2D eigenvalue weighted by atomic mass is 35.5. The molecule has 1 aliphatic heterocycles. The Kier molecular flexibility index (Phi) is 4.97. The summed E-state index contributed by atoms with van der Waals surface area (Å²) in [5.74, 6) is -0.0228. The van der Waals surface area contributed by atoms with Crippen molar-refractivity contribution in [2.24, 2.45) is 5.73 Å². The average Bonchev–Trinajstić information content (AvgIpc) is 3.05. The summed E-state index contributed by atoms with van der Waals surface area (Å²) in [6, 6.07) is 12.2. The van der Waals surface area contributed by atoms with E-state index in [1.165, 1.54) is 11.6 Å². The van der Waals surface area contributed by atoms with Gasteiger partial charge >= 0.3 is 0 Å². The molecule has 6 nitrogen and oxygen atoms in total. The van der Waals surface area contributed by atoms with Crippen molar-refractivity contribution in [2.75, 3.05) is 25.0 Å². The standard InChI is InChI=1S/C17H20ClN5O/c1-22(10-12-5-3-2-4-6-12)13-7-8-23(11-13)17-14(16(19)24)9-15(18)20-21-17/h2-6,9,13H,7-8,10-11H2,1H3,(H2,19,24)/t13-/m1/s1. The van der Waals surface area contributed by atoms with Gasteiger partial charge in [0.1, 0.15) is 0 Å². The molecule has 24 heavy (non-hydrogen) atoms. The van der Waals surface area contributed by atoms with Gasteiger partial charge in [0.25, 0.3) is 5.91 Å². The molecule has 1 atom stereocenters. The fourth-order valence-corrected chi connectivity index (χ4v) is 3.22. The number of likely N-dealkylation sites (N-methyl/N-ethyl adjacent to an activating group) is 1. The summed E-state index contributed by atoms with van der Waals surface area (Å²) in [6.07, 6.45) is 0.992. The van der Waals surface area contributed by atoms with E-state index in [1.807, 2.05) is 18.2 Å². The van der Waals surface area contributed by atoms with Crippen LogP contribution in [0.1, 0.15) is 22.3 Å². The second kappa shape index (κ2) is 7.15. The number of aromatic nitrogens is 2. The lowest BCUT2D eigenvalue weighted by Gasteiger charge is -2.25. The summed E-state index contributed by atoms with van der Waals surface area (Å²) in [5, 5.41) is 8.11. The molecule has 2 aromatic rings. The highest BCUT2D eigenvalue weighted by Crippen LogP contribution is 2.25. The fourth-order valence-electron chi connectivity index (χ4n) is 3.07. The van der Waals surface area contributed by atoms with Gasteiger partial charge in [-0.05, 0) is 25.1 Å². The van der Waals surface area contributed by atoms with Crippen LogP contribution in [0.25, 0.3) is 0 Å². The van der Waals surface area contributed by atoms with Gasteiger partial charge in [-0.1, -0.05) is 41.9 Å². The molecule has 0 unspecified atom stereocenters. The highest BCUT2D eigenvalue weighted by molar-refractivity contribution is 6.29. The van der Waals surface area contributed by atoms with Crippen molar-refractivity contribution < 1.29 is 4.79 Å². The van der Waals surface area contributed by atoms with E-state index in [1.54, 1.807) is 0 Å². The summed E-state index contributed by atoms with van der Waals surface area (Å²) in [7, 11) is 2.11. The maximum atomic E-state index is 11.6. The number of amides is 1. The van der Waals surface area contributed by atoms with Crippen LogP contribution < -0.4 is 10.6 Å². The normalized spacial score (nSPS) is 17.5. The average molecular weight is 346 g/mol. The molecule has 1 saturated heterocycles. The van der Waals surface area contributed by atoms with E-state index in [4.69, 9.17) is 17.3 Å². The SMILES string of the molecule is CN(Cc1ccccc1)[C@@H]1CCN(c2nnc(Cl)cc2C(N)=O)C1. The second-order valence-electron chi connectivity index (χ2n) is 6.06. The number of nitrogens with two attached hydrogens (primary N) is 1. The van der Waals surface area contributed by atoms with Crippen molar-refractivity contribution in [3.63, 3.8) is 0 Å². The zero-order valence-corrected chi connectivity index (χ0v) is 14.3. The van der Waals surface area contributed by atoms with E-state index >= 15 is 0 Å². The van der Waals surface area contributed by atoms with Crippen LogP contribution in [0.15, 0.2) is 36.4 Å². The van der Waals surface area contributed by atoms with Crippen LogP contribution in [0, 0.1) is 0 Å². The Labute approximate surface area is 146 Å². The van der Waals surface area contributed by atoms with Crippen LogP contribution in [0.3, 0.4) is 0 Å². The number of halogens is 1. The summed E-state index contributed by atoms with van der Waals surface area (Å²) < 4.78 is 0. The summed E-state index contributed by atoms with van der Waals surface area (Å²) in [4.78, 5) is 16.0. The zero-order chi connectivity index (χ0) is 17.1. The van der Waals surface area contributed by atoms with Crippen molar-refractivity contribution >= 4 is 23.3 Å². The van der Waals surface area contributed by atoms with Crippen LogP contribution in [-0.2, 0) is 6.54 Å². The lowest BCUT2D eigenvalue weighted by Crippen LogP contribution is -2.35. The van der Waals surface area contributed by atoms with Gasteiger partial charge in [0.2, 0.25) is 0 Å². The Hall–Kier alpha value is -2.18. The quantitative estimate of drug-likeness (QED) is 0.896. The van der Waals surface area contributed by atoms with Gasteiger partial charge in [-0.25, -0.2) is 0 Å². The minimum Gasteiger partial charge on any atom is -0.365 e. The molecule has 3 rings (SSSR count). The van der Waals surface area contributed by atoms with Crippen LogP contribution in [0.4, 0.5) is 5.82 Å². The van der Waals surface area contributed by atoms with E-state index in [9.17, 15) is 4.79 Å². The molecule has 0 bridgehead atoms. The van der Waals surface area contributed by atoms with E-state index in [0.29, 0.717) is 17.4 Å². The number of rotatable bonds is 5. The molecule has 1 amide bonds. The van der Waals surface area contributed by atoms with Gasteiger partial charge in [0.15, 0.2) is 11.0 Å². The van der Waals surface area contributed by atoms with Gasteiger partial charge in [-0.3, -0.25) is 9.69 Å². The number of nitrogens with zero attached hydrogens (tertiary/aromatic N) is 4. The van der Waals surface area contributed by atoms with E-state index < -0.39 is 5.91 Å². The molecule has 2 N–H and O–H groups in total. The largest absolute Gasteiger partial charge is 0.365 e. The topological polar surface area (TPSA) is 75.3 Å². The molecule has 1 fully saturated rings. The molecule has 0 radical (unpaired) electrons. The first kappa shape index (κ1) is 16.7. The number of benzene rings is 1. The van der Waals surface area contributed by atoms with Gasteiger partial charge in [0, 0.05) is 25.7 Å². The molecule has 1 aromatic carbocycles. The third-order valence-electron chi connectivity index (χ3n) is 4.37. The first-order chi connectivity index (χ1) is 11.5. The predicted molar refractivity (Wildman–Crippen MR) is 94.1 cm³/mol. The monoisotopic (exact) mass is 345 g/mol. The molecule has 126 valence electrons. The first-order valence-corrected chi connectivity index (χ1v) is 8.24. The van der Waals surface area contributed by atoms with Crippen molar-refractivity contribution in [3.8, 4) is 0 Å². The fraction of sp³-hybridized carbons (Fsp3) is 0.353. The van der Waals surface area contributed by atoms with E-state index in [0.717, 1.165) is 26.1 Å². The summed E-state index contributed by atoms with van der Waals surface area (Å²) in [6.45, 7) is 2.47. The third kappa shape index (κ3) is 3.66. The van der Waals surface area contributed by atoms with Gasteiger partial charge in [-0.2, -0.15) is 0 Å². The number of hydrogen-bond donors (Lipinski definition) is 1. The number of carbonyl (C=O) groups excluding carboxylic acids is 1. The number of anilines is 1. The Bertz CT molecular complexity index is 724. The van der Waals surface area contributed by atoms with Crippen molar-refractivity contribution in [2.45, 2.75) is 19.0 Å². The predicted octanol–water partition coefficient (Wildman–Crippen LogP) is 1.94. The highest BCUT2D eigenvalue weighted by Gasteiger charge is 2.29. The minimum absolute atomic E-state index is 0.171. The lowest BCUT2D eigenvalue weighted by molar-refractivity contribution is 0.100. The second-order valence-corrected chi connectivity index (χ2v) is 6.45. The Morgan fingerprint density at radius 3 is 2.83 bits per heavy atom. The molecule has 1 aromatic heterocycles. The van der Waals surface area contributed by atoms with Gasteiger partial charge in [-0.15, -0.1) is 10.2 Å². The number of hydrogen-bond acceptors (Lipinski definition) is 5. The minimum atomic E-state index is -0.539. The molecular formula is C17H20ClN5O. The smallest absolute Gasteiger partial charge is 0.252 e. The zero-order valence-electron chi connectivity index (χ0n) is 13.5. The Morgan fingerprint density at radius 2 is 2.12 bits per heavy atom. The lowest BCUT2D eigenvalue weighted by atomic mass is 10.1. The molecular weight excluding hydrogens is 326 g/mol. The third-order valence-corrected chi connectivity index (χ3v) is 4.56. The van der Waals surface area contributed by atoms with E-state index in [-0.39, 0.29) is 5.15 Å². The Balaban J connectivity index is 1.70. The van der Waals surface area contributed by atoms with Crippen LogP contribution >= 0.6 is 11.6 Å². The van der Waals surface area contributed by atoms with Crippen LogP contribution in [-0.4, -0.2) is 47.2 Å². The first-order valence-electron chi connectivity index (χ1n) is 7.86. The number of primary amides is 1. The van der Waals surface area contributed by atoms with Crippen molar-refractivity contribution in [1.29, 1.82) is 0 Å². The summed E-state index contributed by atoms with van der Waals surface area (Å²) >= 11 is 5.83. The van der Waals surface area contributed by atoms with Crippen molar-refractivity contribution in [3.05, 3.63) is 52.7 Å². The van der Waals surface area contributed by atoms with Crippen molar-refractivity contribution in [1.82, 2.24) is 15.1 Å². The molecule has 7 heteroatoms. The summed E-state index contributed by atoms with van der Waals surface area (Å²) in [5.41, 5.74) is 7.05. The van der Waals surface area contributed by atoms with E-state index in [2.05, 4.69) is 39.2 Å².